The maximum absolute atomic E-state index is 14.3. The summed E-state index contributed by atoms with van der Waals surface area (Å²) in [6.45, 7) is 4.01. The van der Waals surface area contributed by atoms with Crippen LogP contribution in [0.3, 0.4) is 0 Å². The van der Waals surface area contributed by atoms with Crippen molar-refractivity contribution in [1.82, 2.24) is 4.90 Å². The highest BCUT2D eigenvalue weighted by Gasteiger charge is 2.65. The fraction of sp³-hybridized carbons (Fsp3) is 0.455. The van der Waals surface area contributed by atoms with E-state index in [0.29, 0.717) is 48.5 Å². The van der Waals surface area contributed by atoms with E-state index < -0.39 is 34.6 Å². The zero-order valence-corrected chi connectivity index (χ0v) is 33.8. The highest BCUT2D eigenvalue weighted by Crippen LogP contribution is 2.62. The van der Waals surface area contributed by atoms with Crippen LogP contribution >= 0.6 is 11.6 Å². The van der Waals surface area contributed by atoms with Gasteiger partial charge < -0.3 is 34.0 Å². The average Bonchev–Trinajstić information content (AvgIpc) is 3.23. The van der Waals surface area contributed by atoms with E-state index in [0.717, 1.165) is 24.0 Å². The quantitative estimate of drug-likeness (QED) is 0.0370. The van der Waals surface area contributed by atoms with E-state index in [2.05, 4.69) is 17.8 Å². The molecule has 3 aromatic rings. The maximum Gasteiger partial charge on any atom is 0.410 e. The molecular weight excluding hydrogens is 785 g/mol. The lowest BCUT2D eigenvalue weighted by atomic mass is 9.55. The summed E-state index contributed by atoms with van der Waals surface area (Å²) in [4.78, 5) is 32.4. The van der Waals surface area contributed by atoms with Crippen molar-refractivity contribution in [3.8, 4) is 17.2 Å². The number of nitro benzene ring substituents is 1. The number of oxime groups is 1. The second kappa shape index (κ2) is 20.3. The molecule has 316 valence electrons. The number of allylic oxidation sites excluding steroid dienone is 1. The van der Waals surface area contributed by atoms with Crippen LogP contribution in [0.25, 0.3) is 0 Å². The number of fused-ring (bicyclic) bond motifs is 2. The minimum absolute atomic E-state index is 0.00210. The number of benzene rings is 3. The molecule has 2 N–H and O–H groups in total. The summed E-state index contributed by atoms with van der Waals surface area (Å²) in [6.07, 6.45) is 7.42. The summed E-state index contributed by atoms with van der Waals surface area (Å²) < 4.78 is 40.3. The first-order valence-electron chi connectivity index (χ1n) is 20.0. The van der Waals surface area contributed by atoms with Gasteiger partial charge in [0.15, 0.2) is 0 Å². The molecule has 1 saturated carbocycles. The number of halogens is 2. The molecule has 1 amide bonds. The van der Waals surface area contributed by atoms with E-state index in [4.69, 9.17) is 35.4 Å². The number of ether oxygens (including phenoxy) is 4. The normalized spacial score (nSPS) is 23.6. The van der Waals surface area contributed by atoms with Crippen LogP contribution in [0.5, 0.6) is 17.2 Å². The number of alkyl halides is 1. The van der Waals surface area contributed by atoms with Gasteiger partial charge in [0.2, 0.25) is 5.79 Å². The van der Waals surface area contributed by atoms with E-state index >= 15 is 0 Å². The smallest absolute Gasteiger partial charge is 0.410 e. The van der Waals surface area contributed by atoms with Crippen molar-refractivity contribution in [2.45, 2.75) is 69.2 Å². The molecule has 1 heterocycles. The van der Waals surface area contributed by atoms with E-state index in [9.17, 15) is 29.5 Å². The first-order valence-corrected chi connectivity index (χ1v) is 20.5. The lowest BCUT2D eigenvalue weighted by Crippen LogP contribution is -2.70. The number of hydrogen-bond acceptors (Lipinski definition) is 11. The summed E-state index contributed by atoms with van der Waals surface area (Å²) >= 11 is 6.01. The van der Waals surface area contributed by atoms with Gasteiger partial charge in [-0.05, 0) is 85.1 Å². The van der Waals surface area contributed by atoms with Gasteiger partial charge in [0.1, 0.15) is 42.8 Å². The van der Waals surface area contributed by atoms with Crippen molar-refractivity contribution < 1.29 is 48.1 Å². The molecule has 1 aliphatic heterocycles. The van der Waals surface area contributed by atoms with Gasteiger partial charge in [-0.3, -0.25) is 15.0 Å². The standard InChI is InChI=1S/C44H51ClFN3O10/c1-3-22-57-44-40(48(43(52)56-23-19-45)28-29-13-15-31(46)16-14-29)27-38(47-55-2)36-24-30(9-4-6-20-50)35(12-5-7-21-51)41(42(36)44)37-26-34(17-18-39(37)59-44)58-33-11-8-10-32(25-33)49(53)54/h3,8,10-11,13-18,24-26,30,35,40-42,50-51H,1,4-7,9,12,19-23,27-28H2,2H3. The maximum atomic E-state index is 14.3. The first-order chi connectivity index (χ1) is 28.7. The number of aliphatic hydroxyl groups is 2. The Hall–Kier alpha value is -5.02. The Balaban J connectivity index is 1.58. The van der Waals surface area contributed by atoms with Crippen molar-refractivity contribution in [3.63, 3.8) is 0 Å². The molecule has 13 nitrogen and oxygen atoms in total. The Morgan fingerprint density at radius 3 is 2.53 bits per heavy atom. The van der Waals surface area contributed by atoms with Gasteiger partial charge in [0, 0.05) is 43.7 Å². The molecule has 1 fully saturated rings. The average molecular weight is 836 g/mol. The highest BCUT2D eigenvalue weighted by atomic mass is 35.5. The molecular formula is C44H51ClFN3O10. The van der Waals surface area contributed by atoms with Crippen molar-refractivity contribution in [2.24, 2.45) is 22.9 Å². The third-order valence-corrected chi connectivity index (χ3v) is 11.4. The number of carbonyl (C=O) groups excluding carboxylic acids is 1. The lowest BCUT2D eigenvalue weighted by Gasteiger charge is -2.59. The SMILES string of the molecule is C=CCOC12Oc3ccc(Oc4cccc([N+](=O)[O-])c4)cc3C3C(CCCCO)C(CCCCO)C=C(C(=NOC)CC1N(Cc1ccc(F)cc1)C(=O)OCCCl)C32. The van der Waals surface area contributed by atoms with E-state index in [1.807, 2.05) is 6.07 Å². The molecule has 0 aromatic heterocycles. The Kier molecular flexibility index (Phi) is 15.0. The Labute approximate surface area is 348 Å². The monoisotopic (exact) mass is 835 g/mol. The predicted molar refractivity (Wildman–Crippen MR) is 219 cm³/mol. The first kappa shape index (κ1) is 43.6. The number of unbranched alkanes of at least 4 members (excludes halogenated alkanes) is 2. The molecule has 0 spiro atoms. The topological polar surface area (TPSA) is 162 Å². The molecule has 59 heavy (non-hydrogen) atoms. The van der Waals surface area contributed by atoms with Crippen molar-refractivity contribution in [3.05, 3.63) is 118 Å². The van der Waals surface area contributed by atoms with Crippen molar-refractivity contribution in [1.29, 1.82) is 0 Å². The number of aliphatic hydroxyl groups excluding tert-OH is 2. The molecule has 15 heteroatoms. The van der Waals surface area contributed by atoms with Crippen LogP contribution < -0.4 is 9.47 Å². The van der Waals surface area contributed by atoms with Gasteiger partial charge in [-0.1, -0.05) is 48.3 Å². The van der Waals surface area contributed by atoms with Gasteiger partial charge in [-0.2, -0.15) is 0 Å². The molecule has 3 aliphatic rings. The third kappa shape index (κ3) is 9.73. The number of nitrogens with zero attached hydrogens (tertiary/aromatic N) is 3. The van der Waals surface area contributed by atoms with Gasteiger partial charge in [-0.25, -0.2) is 9.18 Å². The Bertz CT molecular complexity index is 2000. The van der Waals surface area contributed by atoms with E-state index in [1.165, 1.54) is 36.3 Å². The highest BCUT2D eigenvalue weighted by molar-refractivity contribution is 6.18. The van der Waals surface area contributed by atoms with Crippen LogP contribution in [0.2, 0.25) is 0 Å². The van der Waals surface area contributed by atoms with Crippen LogP contribution in [-0.2, 0) is 20.9 Å². The second-order valence-corrected chi connectivity index (χ2v) is 15.2. The summed E-state index contributed by atoms with van der Waals surface area (Å²) in [7, 11) is 1.46. The number of carbonyl (C=O) groups is 1. The lowest BCUT2D eigenvalue weighted by molar-refractivity contribution is -0.384. The van der Waals surface area contributed by atoms with E-state index in [1.54, 1.807) is 42.5 Å². The third-order valence-electron chi connectivity index (χ3n) is 11.3. The summed E-state index contributed by atoms with van der Waals surface area (Å²) in [5.41, 5.74) is 2.73. The van der Waals surface area contributed by atoms with Crippen molar-refractivity contribution >= 4 is 29.1 Å². The number of non-ortho nitro benzene ring substituents is 1. The largest absolute Gasteiger partial charge is 0.459 e. The van der Waals surface area contributed by atoms with Gasteiger partial charge in [0.05, 0.1) is 35.1 Å². The molecule has 0 bridgehead atoms. The number of nitro groups is 1. The number of amides is 1. The summed E-state index contributed by atoms with van der Waals surface area (Å²) in [6, 6.07) is 16.3. The van der Waals surface area contributed by atoms with Gasteiger partial charge in [-0.15, -0.1) is 18.2 Å². The molecule has 6 rings (SSSR count). The molecule has 6 unspecified atom stereocenters. The fourth-order valence-electron chi connectivity index (χ4n) is 8.92. The zero-order chi connectivity index (χ0) is 41.9. The van der Waals surface area contributed by atoms with Gasteiger partial charge in [0.25, 0.3) is 5.69 Å². The zero-order valence-electron chi connectivity index (χ0n) is 33.0. The van der Waals surface area contributed by atoms with E-state index in [-0.39, 0.29) is 74.5 Å². The molecule has 6 atom stereocenters. The predicted octanol–water partition coefficient (Wildman–Crippen LogP) is 8.67. The molecule has 2 aliphatic carbocycles. The van der Waals surface area contributed by atoms with Crippen LogP contribution in [-0.4, -0.2) is 83.1 Å². The van der Waals surface area contributed by atoms with Gasteiger partial charge >= 0.3 is 6.09 Å². The summed E-state index contributed by atoms with van der Waals surface area (Å²) in [5.74, 6) is -1.78. The Morgan fingerprint density at radius 1 is 1.08 bits per heavy atom. The Morgan fingerprint density at radius 2 is 1.83 bits per heavy atom. The molecule has 0 saturated heterocycles. The van der Waals surface area contributed by atoms with Crippen LogP contribution in [0.1, 0.15) is 62.0 Å². The second-order valence-electron chi connectivity index (χ2n) is 14.9. The van der Waals surface area contributed by atoms with Crippen LogP contribution in [0.15, 0.2) is 96.2 Å². The van der Waals surface area contributed by atoms with Crippen molar-refractivity contribution in [2.75, 3.05) is 39.4 Å². The van der Waals surface area contributed by atoms with Crippen LogP contribution in [0.4, 0.5) is 14.9 Å². The number of rotatable bonds is 20. The molecule has 0 radical (unpaired) electrons. The number of hydrogen-bond donors (Lipinski definition) is 2. The fourth-order valence-corrected chi connectivity index (χ4v) is 8.99. The summed E-state index contributed by atoms with van der Waals surface area (Å²) in [5, 5.41) is 35.9. The van der Waals surface area contributed by atoms with Crippen LogP contribution in [0, 0.1) is 33.7 Å². The molecule has 3 aromatic carbocycles. The minimum atomic E-state index is -1.57. The minimum Gasteiger partial charge on any atom is -0.459 e.